The minimum atomic E-state index is -0.106. The van der Waals surface area contributed by atoms with E-state index in [1.165, 1.54) is 0 Å². The van der Waals surface area contributed by atoms with Crippen LogP contribution in [0.3, 0.4) is 0 Å². The fourth-order valence-corrected chi connectivity index (χ4v) is 2.64. The SMILES string of the molecule is Cl.NCCNC(=O)C1CCCN(C(=O)Cc2ccccc2)C1. The third-order valence-electron chi connectivity index (χ3n) is 3.79. The van der Waals surface area contributed by atoms with Crippen molar-refractivity contribution >= 4 is 24.2 Å². The highest BCUT2D eigenvalue weighted by Crippen LogP contribution is 2.17. The van der Waals surface area contributed by atoms with Crippen LogP contribution in [0.4, 0.5) is 0 Å². The number of carbonyl (C=O) groups is 2. The molecule has 0 aliphatic carbocycles. The molecule has 1 unspecified atom stereocenters. The van der Waals surface area contributed by atoms with Crippen molar-refractivity contribution in [2.45, 2.75) is 19.3 Å². The maximum absolute atomic E-state index is 12.3. The molecule has 0 bridgehead atoms. The minimum Gasteiger partial charge on any atom is -0.355 e. The van der Waals surface area contributed by atoms with Crippen molar-refractivity contribution in [2.75, 3.05) is 26.2 Å². The van der Waals surface area contributed by atoms with Crippen molar-refractivity contribution in [2.24, 2.45) is 11.7 Å². The maximum atomic E-state index is 12.3. The molecule has 1 saturated heterocycles. The summed E-state index contributed by atoms with van der Waals surface area (Å²) in [6.07, 6.45) is 2.12. The van der Waals surface area contributed by atoms with Gasteiger partial charge in [0, 0.05) is 26.2 Å². The van der Waals surface area contributed by atoms with Crippen LogP contribution in [0, 0.1) is 5.92 Å². The van der Waals surface area contributed by atoms with Gasteiger partial charge in [-0.15, -0.1) is 12.4 Å². The van der Waals surface area contributed by atoms with Crippen LogP contribution in [0.5, 0.6) is 0 Å². The number of rotatable bonds is 5. The Hall–Kier alpha value is -1.59. The van der Waals surface area contributed by atoms with Crippen LogP contribution < -0.4 is 11.1 Å². The predicted octanol–water partition coefficient (Wildman–Crippen LogP) is 0.964. The van der Waals surface area contributed by atoms with Crippen LogP contribution >= 0.6 is 12.4 Å². The summed E-state index contributed by atoms with van der Waals surface area (Å²) in [6.45, 7) is 2.19. The Kier molecular flexibility index (Phi) is 7.91. The molecular weight excluding hydrogens is 302 g/mol. The second-order valence-electron chi connectivity index (χ2n) is 5.42. The molecule has 122 valence electrons. The number of likely N-dealkylation sites (tertiary alicyclic amines) is 1. The molecular formula is C16H24ClN3O2. The largest absolute Gasteiger partial charge is 0.355 e. The van der Waals surface area contributed by atoms with Crippen molar-refractivity contribution < 1.29 is 9.59 Å². The van der Waals surface area contributed by atoms with Crippen molar-refractivity contribution in [3.63, 3.8) is 0 Å². The molecule has 22 heavy (non-hydrogen) atoms. The first-order valence-corrected chi connectivity index (χ1v) is 7.50. The smallest absolute Gasteiger partial charge is 0.227 e. The monoisotopic (exact) mass is 325 g/mol. The molecule has 1 heterocycles. The van der Waals surface area contributed by atoms with Gasteiger partial charge < -0.3 is 16.0 Å². The van der Waals surface area contributed by atoms with Gasteiger partial charge in [0.1, 0.15) is 0 Å². The zero-order chi connectivity index (χ0) is 15.1. The lowest BCUT2D eigenvalue weighted by molar-refractivity contribution is -0.135. The summed E-state index contributed by atoms with van der Waals surface area (Å²) in [4.78, 5) is 26.1. The summed E-state index contributed by atoms with van der Waals surface area (Å²) < 4.78 is 0. The zero-order valence-electron chi connectivity index (χ0n) is 12.7. The van der Waals surface area contributed by atoms with Gasteiger partial charge in [0.05, 0.1) is 12.3 Å². The highest BCUT2D eigenvalue weighted by molar-refractivity contribution is 5.85. The lowest BCUT2D eigenvalue weighted by Crippen LogP contribution is -2.46. The Morgan fingerprint density at radius 3 is 2.68 bits per heavy atom. The van der Waals surface area contributed by atoms with E-state index in [0.29, 0.717) is 26.1 Å². The van der Waals surface area contributed by atoms with E-state index in [1.54, 1.807) is 0 Å². The van der Waals surface area contributed by atoms with Gasteiger partial charge in [-0.05, 0) is 18.4 Å². The molecule has 1 aliphatic rings. The van der Waals surface area contributed by atoms with E-state index in [9.17, 15) is 9.59 Å². The number of amides is 2. The first-order chi connectivity index (χ1) is 10.2. The Bertz CT molecular complexity index is 482. The standard InChI is InChI=1S/C16H23N3O2.ClH/c17-8-9-18-16(21)14-7-4-10-19(12-14)15(20)11-13-5-2-1-3-6-13;/h1-3,5-6,14H,4,7-12,17H2,(H,18,21);1H. The van der Waals surface area contributed by atoms with Crippen LogP contribution in [0.25, 0.3) is 0 Å². The maximum Gasteiger partial charge on any atom is 0.227 e. The molecule has 0 saturated carbocycles. The Morgan fingerprint density at radius 1 is 1.27 bits per heavy atom. The van der Waals surface area contributed by atoms with Gasteiger partial charge in [-0.25, -0.2) is 0 Å². The van der Waals surface area contributed by atoms with Gasteiger partial charge in [-0.2, -0.15) is 0 Å². The molecule has 1 aromatic rings. The quantitative estimate of drug-likeness (QED) is 0.847. The highest BCUT2D eigenvalue weighted by atomic mass is 35.5. The van der Waals surface area contributed by atoms with Gasteiger partial charge >= 0.3 is 0 Å². The zero-order valence-corrected chi connectivity index (χ0v) is 13.5. The molecule has 6 heteroatoms. The first kappa shape index (κ1) is 18.5. The molecule has 1 aromatic carbocycles. The molecule has 3 N–H and O–H groups in total. The van der Waals surface area contributed by atoms with Gasteiger partial charge in [-0.1, -0.05) is 30.3 Å². The molecule has 2 rings (SSSR count). The van der Waals surface area contributed by atoms with Crippen molar-refractivity contribution in [3.05, 3.63) is 35.9 Å². The summed E-state index contributed by atoms with van der Waals surface area (Å²) in [7, 11) is 0. The lowest BCUT2D eigenvalue weighted by Gasteiger charge is -2.32. The average molecular weight is 326 g/mol. The fourth-order valence-electron chi connectivity index (χ4n) is 2.64. The van der Waals surface area contributed by atoms with Crippen LogP contribution in [-0.4, -0.2) is 42.9 Å². The van der Waals surface area contributed by atoms with Crippen LogP contribution in [0.15, 0.2) is 30.3 Å². The summed E-state index contributed by atoms with van der Waals surface area (Å²) in [5, 5.41) is 2.81. The number of carbonyl (C=O) groups excluding carboxylic acids is 2. The number of nitrogens with zero attached hydrogens (tertiary/aromatic N) is 1. The van der Waals surface area contributed by atoms with Crippen LogP contribution in [0.2, 0.25) is 0 Å². The van der Waals surface area contributed by atoms with E-state index in [-0.39, 0.29) is 30.1 Å². The molecule has 1 aliphatic heterocycles. The van der Waals surface area contributed by atoms with E-state index < -0.39 is 0 Å². The second-order valence-corrected chi connectivity index (χ2v) is 5.42. The molecule has 5 nitrogen and oxygen atoms in total. The fraction of sp³-hybridized carbons (Fsp3) is 0.500. The summed E-state index contributed by atoms with van der Waals surface area (Å²) >= 11 is 0. The number of hydrogen-bond donors (Lipinski definition) is 2. The van der Waals surface area contributed by atoms with E-state index >= 15 is 0 Å². The molecule has 0 aromatic heterocycles. The summed E-state index contributed by atoms with van der Waals surface area (Å²) in [5.74, 6) is 0.000194. The predicted molar refractivity (Wildman–Crippen MR) is 88.8 cm³/mol. The second kappa shape index (κ2) is 9.43. The highest BCUT2D eigenvalue weighted by Gasteiger charge is 2.27. The normalized spacial score (nSPS) is 17.5. The van der Waals surface area contributed by atoms with Crippen molar-refractivity contribution in [1.82, 2.24) is 10.2 Å². The van der Waals surface area contributed by atoms with E-state index in [1.807, 2.05) is 35.2 Å². The topological polar surface area (TPSA) is 75.4 Å². The number of halogens is 1. The van der Waals surface area contributed by atoms with Gasteiger partial charge in [0.25, 0.3) is 0 Å². The van der Waals surface area contributed by atoms with Crippen LogP contribution in [0.1, 0.15) is 18.4 Å². The lowest BCUT2D eigenvalue weighted by atomic mass is 9.96. The van der Waals surface area contributed by atoms with E-state index in [2.05, 4.69) is 5.32 Å². The third kappa shape index (κ3) is 5.31. The molecule has 1 fully saturated rings. The molecule has 0 radical (unpaired) electrons. The van der Waals surface area contributed by atoms with Crippen molar-refractivity contribution in [1.29, 1.82) is 0 Å². The third-order valence-corrected chi connectivity index (χ3v) is 3.79. The Morgan fingerprint density at radius 2 is 2.00 bits per heavy atom. The molecule has 2 amide bonds. The van der Waals surface area contributed by atoms with Crippen molar-refractivity contribution in [3.8, 4) is 0 Å². The number of benzene rings is 1. The Balaban J connectivity index is 0.00000242. The average Bonchev–Trinajstić information content (AvgIpc) is 2.53. The van der Waals surface area contributed by atoms with E-state index in [0.717, 1.165) is 24.9 Å². The number of piperidine rings is 1. The summed E-state index contributed by atoms with van der Waals surface area (Å²) in [6, 6.07) is 9.71. The number of nitrogens with one attached hydrogen (secondary N) is 1. The first-order valence-electron chi connectivity index (χ1n) is 7.50. The van der Waals surface area contributed by atoms with Gasteiger partial charge in [0.15, 0.2) is 0 Å². The van der Waals surface area contributed by atoms with Crippen LogP contribution in [-0.2, 0) is 16.0 Å². The van der Waals surface area contributed by atoms with Gasteiger partial charge in [-0.3, -0.25) is 9.59 Å². The Labute approximate surface area is 137 Å². The van der Waals surface area contributed by atoms with Gasteiger partial charge in [0.2, 0.25) is 11.8 Å². The molecule has 1 atom stereocenters. The number of hydrogen-bond acceptors (Lipinski definition) is 3. The summed E-state index contributed by atoms with van der Waals surface area (Å²) in [5.41, 5.74) is 6.40. The number of nitrogens with two attached hydrogens (primary N) is 1. The van der Waals surface area contributed by atoms with E-state index in [4.69, 9.17) is 5.73 Å². The minimum absolute atomic E-state index is 0. The molecule has 0 spiro atoms.